The van der Waals surface area contributed by atoms with Crippen molar-refractivity contribution in [3.63, 3.8) is 0 Å². The third-order valence-corrected chi connectivity index (χ3v) is 1.75. The van der Waals surface area contributed by atoms with Gasteiger partial charge in [0.2, 0.25) is 0 Å². The molecular formula is C7H17N3O2. The number of aliphatic carboxylic acids is 1. The number of rotatable bonds is 4. The molecule has 0 aliphatic heterocycles. The molecule has 0 aromatic rings. The summed E-state index contributed by atoms with van der Waals surface area (Å²) in [5, 5.41) is 10.7. The summed E-state index contributed by atoms with van der Waals surface area (Å²) < 4.78 is 0.223. The number of carboxylic acids is 1. The summed E-state index contributed by atoms with van der Waals surface area (Å²) in [6, 6.07) is -1.31. The zero-order valence-corrected chi connectivity index (χ0v) is 7.78. The smallest absolute Gasteiger partial charge is 0.145 e. The second kappa shape index (κ2) is 3.84. The van der Waals surface area contributed by atoms with Gasteiger partial charge in [0.25, 0.3) is 0 Å². The Kier molecular flexibility index (Phi) is 3.63. The van der Waals surface area contributed by atoms with Gasteiger partial charge in [-0.05, 0) is 0 Å². The largest absolute Gasteiger partial charge is 0.544 e. The second-order valence-corrected chi connectivity index (χ2v) is 3.78. The molecule has 72 valence electrons. The van der Waals surface area contributed by atoms with Crippen molar-refractivity contribution in [2.75, 3.05) is 27.7 Å². The van der Waals surface area contributed by atoms with Crippen LogP contribution in [0.3, 0.4) is 0 Å². The lowest BCUT2D eigenvalue weighted by atomic mass is 10.1. The van der Waals surface area contributed by atoms with Crippen LogP contribution >= 0.6 is 0 Å². The van der Waals surface area contributed by atoms with Crippen molar-refractivity contribution in [1.29, 1.82) is 0 Å². The highest BCUT2D eigenvalue weighted by atomic mass is 16.4. The van der Waals surface area contributed by atoms with E-state index in [9.17, 15) is 9.90 Å². The third kappa shape index (κ3) is 2.77. The van der Waals surface area contributed by atoms with Crippen LogP contribution in [0.25, 0.3) is 0 Å². The minimum absolute atomic E-state index is 0.147. The van der Waals surface area contributed by atoms with Gasteiger partial charge in [-0.25, -0.2) is 0 Å². The Hall–Kier alpha value is -0.650. The first kappa shape index (κ1) is 11.4. The minimum Gasteiger partial charge on any atom is -0.544 e. The molecule has 0 heterocycles. The molecule has 0 fully saturated rings. The first-order valence-corrected chi connectivity index (χ1v) is 3.78. The van der Waals surface area contributed by atoms with E-state index >= 15 is 0 Å². The molecule has 0 rings (SSSR count). The van der Waals surface area contributed by atoms with Crippen LogP contribution in [0.15, 0.2) is 0 Å². The highest BCUT2D eigenvalue weighted by molar-refractivity contribution is 5.70. The summed E-state index contributed by atoms with van der Waals surface area (Å²) in [5.74, 6) is -1.15. The minimum atomic E-state index is -1.15. The lowest BCUT2D eigenvalue weighted by Crippen LogP contribution is -2.64. The van der Waals surface area contributed by atoms with E-state index in [-0.39, 0.29) is 11.0 Å². The lowest BCUT2D eigenvalue weighted by molar-refractivity contribution is -0.890. The molecule has 2 unspecified atom stereocenters. The van der Waals surface area contributed by atoms with Gasteiger partial charge in [0.15, 0.2) is 0 Å². The lowest BCUT2D eigenvalue weighted by Gasteiger charge is -2.37. The first-order valence-electron chi connectivity index (χ1n) is 3.78. The topological polar surface area (TPSA) is 92.2 Å². The van der Waals surface area contributed by atoms with Gasteiger partial charge in [0.1, 0.15) is 12.0 Å². The molecule has 0 aliphatic carbocycles. The van der Waals surface area contributed by atoms with Gasteiger partial charge in [-0.2, -0.15) is 0 Å². The second-order valence-electron chi connectivity index (χ2n) is 3.78. The van der Waals surface area contributed by atoms with Gasteiger partial charge in [-0.15, -0.1) is 0 Å². The summed E-state index contributed by atoms with van der Waals surface area (Å²) in [6.45, 7) is 0.147. The normalized spacial score (nSPS) is 17.1. The number of hydrogen-bond acceptors (Lipinski definition) is 4. The third-order valence-electron chi connectivity index (χ3n) is 1.75. The zero-order chi connectivity index (χ0) is 9.94. The van der Waals surface area contributed by atoms with E-state index in [0.29, 0.717) is 0 Å². The highest BCUT2D eigenvalue weighted by Crippen LogP contribution is 2.04. The number of quaternary nitrogens is 1. The molecule has 0 aromatic heterocycles. The fourth-order valence-corrected chi connectivity index (χ4v) is 1.19. The van der Waals surface area contributed by atoms with Crippen LogP contribution in [0, 0.1) is 0 Å². The number of likely N-dealkylation sites (N-methyl/N-ethyl adjacent to an activating group) is 1. The summed E-state index contributed by atoms with van der Waals surface area (Å²) in [5.41, 5.74) is 10.8. The summed E-state index contributed by atoms with van der Waals surface area (Å²) in [7, 11) is 5.24. The molecule has 0 aliphatic rings. The van der Waals surface area contributed by atoms with Crippen molar-refractivity contribution >= 4 is 5.97 Å². The molecular weight excluding hydrogens is 158 g/mol. The van der Waals surface area contributed by atoms with Gasteiger partial charge in [0, 0.05) is 6.54 Å². The van der Waals surface area contributed by atoms with Gasteiger partial charge < -0.3 is 25.9 Å². The van der Waals surface area contributed by atoms with Crippen LogP contribution in [0.1, 0.15) is 0 Å². The van der Waals surface area contributed by atoms with Gasteiger partial charge in [-0.3, -0.25) is 0 Å². The van der Waals surface area contributed by atoms with Crippen molar-refractivity contribution in [2.45, 2.75) is 12.1 Å². The summed E-state index contributed by atoms with van der Waals surface area (Å²) in [6.07, 6.45) is 0. The standard InChI is InChI=1S/C7H17N3O2/c1-10(2,3)6(7(11)12)5(9)4-8/h5-6H,4,8-9H2,1-3H3. The molecule has 0 spiro atoms. The number of nitrogens with two attached hydrogens (primary N) is 2. The van der Waals surface area contributed by atoms with E-state index in [2.05, 4.69) is 0 Å². The average molecular weight is 175 g/mol. The maximum atomic E-state index is 10.7. The number of carbonyl (C=O) groups excluding carboxylic acids is 1. The maximum absolute atomic E-state index is 10.7. The Morgan fingerprint density at radius 1 is 1.50 bits per heavy atom. The van der Waals surface area contributed by atoms with E-state index < -0.39 is 18.1 Å². The van der Waals surface area contributed by atoms with E-state index in [0.717, 1.165) is 0 Å². The summed E-state index contributed by atoms with van der Waals surface area (Å²) in [4.78, 5) is 10.7. The molecule has 2 atom stereocenters. The van der Waals surface area contributed by atoms with Crippen molar-refractivity contribution in [3.05, 3.63) is 0 Å². The molecule has 4 N–H and O–H groups in total. The van der Waals surface area contributed by atoms with E-state index in [1.54, 1.807) is 21.1 Å². The fraction of sp³-hybridized carbons (Fsp3) is 0.857. The van der Waals surface area contributed by atoms with E-state index in [1.165, 1.54) is 0 Å². The molecule has 0 radical (unpaired) electrons. The average Bonchev–Trinajstić information content (AvgIpc) is 1.83. The van der Waals surface area contributed by atoms with Crippen molar-refractivity contribution in [3.8, 4) is 0 Å². The molecule has 5 heteroatoms. The Balaban J connectivity index is 4.56. The van der Waals surface area contributed by atoms with E-state index in [1.807, 2.05) is 0 Å². The fourth-order valence-electron chi connectivity index (χ4n) is 1.19. The Morgan fingerprint density at radius 2 is 1.92 bits per heavy atom. The quantitative estimate of drug-likeness (QED) is 0.448. The van der Waals surface area contributed by atoms with Crippen LogP contribution < -0.4 is 16.6 Å². The predicted octanol–water partition coefficient (Wildman–Crippen LogP) is -2.90. The molecule has 0 amide bonds. The molecule has 0 bridgehead atoms. The molecule has 0 aromatic carbocycles. The zero-order valence-electron chi connectivity index (χ0n) is 7.78. The number of nitrogens with zero attached hydrogens (tertiary/aromatic N) is 1. The van der Waals surface area contributed by atoms with Crippen molar-refractivity contribution < 1.29 is 14.4 Å². The van der Waals surface area contributed by atoms with Crippen LogP contribution in [-0.4, -0.2) is 50.2 Å². The SMILES string of the molecule is C[N+](C)(C)C(C(=O)[O-])C(N)CN. The maximum Gasteiger partial charge on any atom is 0.145 e. The number of hydrogen-bond donors (Lipinski definition) is 2. The van der Waals surface area contributed by atoms with Crippen LogP contribution in [0.4, 0.5) is 0 Å². The molecule has 0 saturated carbocycles. The number of carbonyl (C=O) groups is 1. The van der Waals surface area contributed by atoms with Gasteiger partial charge >= 0.3 is 0 Å². The van der Waals surface area contributed by atoms with Crippen molar-refractivity contribution in [1.82, 2.24) is 0 Å². The molecule has 12 heavy (non-hydrogen) atoms. The van der Waals surface area contributed by atoms with Crippen LogP contribution in [0.2, 0.25) is 0 Å². The van der Waals surface area contributed by atoms with Gasteiger partial charge in [-0.1, -0.05) is 0 Å². The van der Waals surface area contributed by atoms with E-state index in [4.69, 9.17) is 11.5 Å². The molecule has 5 nitrogen and oxygen atoms in total. The van der Waals surface area contributed by atoms with Gasteiger partial charge in [0.05, 0.1) is 27.2 Å². The monoisotopic (exact) mass is 175 g/mol. The number of carboxylic acid groups (broad SMARTS) is 1. The first-order chi connectivity index (χ1) is 5.30. The molecule has 0 saturated heterocycles. The Bertz CT molecular complexity index is 165. The van der Waals surface area contributed by atoms with Crippen LogP contribution in [-0.2, 0) is 4.79 Å². The highest BCUT2D eigenvalue weighted by Gasteiger charge is 2.30. The Morgan fingerprint density at radius 3 is 2.00 bits per heavy atom. The summed E-state index contributed by atoms with van der Waals surface area (Å²) >= 11 is 0. The van der Waals surface area contributed by atoms with Crippen LogP contribution in [0.5, 0.6) is 0 Å². The predicted molar refractivity (Wildman–Crippen MR) is 43.9 cm³/mol. The van der Waals surface area contributed by atoms with Crippen molar-refractivity contribution in [2.24, 2.45) is 11.5 Å². The Labute approximate surface area is 72.5 Å².